The molecule has 1 heterocycles. The summed E-state index contributed by atoms with van der Waals surface area (Å²) in [6.07, 6.45) is 8.71. The molecular formula is C22H36N2O3. The first-order valence-corrected chi connectivity index (χ1v) is 10.6. The van der Waals surface area contributed by atoms with E-state index in [0.717, 1.165) is 44.6 Å². The average Bonchev–Trinajstić information content (AvgIpc) is 2.66. The molecule has 152 valence electrons. The minimum Gasteiger partial charge on any atom is -0.494 e. The van der Waals surface area contributed by atoms with Crippen LogP contribution in [-0.4, -0.2) is 43.3 Å². The van der Waals surface area contributed by atoms with E-state index in [9.17, 15) is 4.79 Å². The Balaban J connectivity index is 1.68. The van der Waals surface area contributed by atoms with Crippen LogP contribution in [0.4, 0.5) is 10.5 Å². The van der Waals surface area contributed by atoms with Crippen molar-refractivity contribution in [1.29, 1.82) is 0 Å². The molecule has 0 bridgehead atoms. The number of hydrogen-bond donors (Lipinski definition) is 1. The number of rotatable bonds is 11. The van der Waals surface area contributed by atoms with Crippen LogP contribution in [0, 0.1) is 0 Å². The number of amides is 1. The van der Waals surface area contributed by atoms with E-state index in [1.54, 1.807) is 0 Å². The van der Waals surface area contributed by atoms with Crippen LogP contribution < -0.4 is 10.1 Å². The number of likely N-dealkylation sites (tertiary alicyclic amines) is 1. The van der Waals surface area contributed by atoms with Crippen LogP contribution in [0.5, 0.6) is 5.75 Å². The number of nitrogens with zero attached hydrogens (tertiary/aromatic N) is 1. The van der Waals surface area contributed by atoms with E-state index >= 15 is 0 Å². The highest BCUT2D eigenvalue weighted by molar-refractivity contribution is 5.84. The number of unbranched alkanes of at least 4 members (excludes halogenated alkanes) is 4. The molecular weight excluding hydrogens is 340 g/mol. The van der Waals surface area contributed by atoms with Gasteiger partial charge < -0.3 is 14.4 Å². The molecule has 5 heteroatoms. The quantitative estimate of drug-likeness (QED) is 0.521. The zero-order chi connectivity index (χ0) is 19.3. The van der Waals surface area contributed by atoms with Crippen molar-refractivity contribution in [3.63, 3.8) is 0 Å². The van der Waals surface area contributed by atoms with E-state index in [1.807, 2.05) is 24.3 Å². The zero-order valence-electron chi connectivity index (χ0n) is 17.0. The van der Waals surface area contributed by atoms with Crippen molar-refractivity contribution in [3.05, 3.63) is 24.3 Å². The van der Waals surface area contributed by atoms with E-state index in [4.69, 9.17) is 9.47 Å². The van der Waals surface area contributed by atoms with Crippen molar-refractivity contribution < 1.29 is 14.3 Å². The minimum absolute atomic E-state index is 0.0145. The van der Waals surface area contributed by atoms with Crippen molar-refractivity contribution in [2.75, 3.05) is 31.6 Å². The monoisotopic (exact) mass is 376 g/mol. The molecule has 1 aromatic rings. The molecule has 2 rings (SSSR count). The number of hydrogen-bond acceptors (Lipinski definition) is 4. The van der Waals surface area contributed by atoms with Gasteiger partial charge in [0.05, 0.1) is 6.61 Å². The Morgan fingerprint density at radius 1 is 1.11 bits per heavy atom. The number of carbonyl (C=O) groups is 1. The summed E-state index contributed by atoms with van der Waals surface area (Å²) in [5, 5.41) is 2.83. The highest BCUT2D eigenvalue weighted by Gasteiger charge is 2.21. The highest BCUT2D eigenvalue weighted by atomic mass is 16.6. The summed E-state index contributed by atoms with van der Waals surface area (Å²) in [7, 11) is 0. The lowest BCUT2D eigenvalue weighted by atomic mass is 10.1. The number of piperidine rings is 1. The maximum Gasteiger partial charge on any atom is 0.411 e. The standard InChI is InChI=1S/C22H36N2O3/c1-3-5-6-7-8-17-26-21-11-9-10-19(18-21)23-22(25)27-20-12-15-24(14-4-2)16-13-20/h9-11,18,20H,3-8,12-17H2,1-2H3,(H,23,25). The molecule has 0 unspecified atom stereocenters. The predicted octanol–water partition coefficient (Wildman–Crippen LogP) is 5.46. The van der Waals surface area contributed by atoms with E-state index in [0.29, 0.717) is 12.3 Å². The minimum atomic E-state index is -0.374. The maximum atomic E-state index is 12.2. The third-order valence-electron chi connectivity index (χ3n) is 4.95. The molecule has 0 radical (unpaired) electrons. The highest BCUT2D eigenvalue weighted by Crippen LogP contribution is 2.19. The SMILES string of the molecule is CCCCCCCOc1cccc(NC(=O)OC2CCN(CCC)CC2)c1. The first kappa shape index (κ1) is 21.5. The van der Waals surface area contributed by atoms with Gasteiger partial charge in [-0.05, 0) is 44.4 Å². The van der Waals surface area contributed by atoms with Crippen molar-refractivity contribution in [1.82, 2.24) is 4.90 Å². The second-order valence-corrected chi connectivity index (χ2v) is 7.36. The molecule has 1 fully saturated rings. The van der Waals surface area contributed by atoms with Crippen LogP contribution in [0.3, 0.4) is 0 Å². The van der Waals surface area contributed by atoms with Gasteiger partial charge in [0.25, 0.3) is 0 Å². The first-order chi connectivity index (χ1) is 13.2. The third kappa shape index (κ3) is 8.65. The number of carbonyl (C=O) groups excluding carboxylic acids is 1. The number of ether oxygens (including phenoxy) is 2. The summed E-state index contributed by atoms with van der Waals surface area (Å²) in [6.45, 7) is 8.27. The van der Waals surface area contributed by atoms with Gasteiger partial charge in [-0.2, -0.15) is 0 Å². The lowest BCUT2D eigenvalue weighted by Crippen LogP contribution is -2.38. The van der Waals surface area contributed by atoms with Gasteiger partial charge in [0, 0.05) is 24.8 Å². The summed E-state index contributed by atoms with van der Waals surface area (Å²) in [6, 6.07) is 7.54. The van der Waals surface area contributed by atoms with Gasteiger partial charge >= 0.3 is 6.09 Å². The fourth-order valence-corrected chi connectivity index (χ4v) is 3.42. The third-order valence-corrected chi connectivity index (χ3v) is 4.95. The second kappa shape index (κ2) is 12.6. The number of benzene rings is 1. The van der Waals surface area contributed by atoms with E-state index in [-0.39, 0.29) is 12.2 Å². The normalized spacial score (nSPS) is 15.5. The lowest BCUT2D eigenvalue weighted by Gasteiger charge is -2.31. The van der Waals surface area contributed by atoms with Gasteiger partial charge in [-0.3, -0.25) is 5.32 Å². The first-order valence-electron chi connectivity index (χ1n) is 10.6. The lowest BCUT2D eigenvalue weighted by molar-refractivity contribution is 0.0590. The van der Waals surface area contributed by atoms with Gasteiger partial charge in [0.15, 0.2) is 0 Å². The average molecular weight is 377 g/mol. The summed E-state index contributed by atoms with van der Waals surface area (Å²) in [5.74, 6) is 0.788. The molecule has 0 spiro atoms. The zero-order valence-corrected chi connectivity index (χ0v) is 17.0. The topological polar surface area (TPSA) is 50.8 Å². The Morgan fingerprint density at radius 2 is 1.89 bits per heavy atom. The van der Waals surface area contributed by atoms with Gasteiger partial charge in [0.1, 0.15) is 11.9 Å². The van der Waals surface area contributed by atoms with Gasteiger partial charge in [-0.25, -0.2) is 4.79 Å². The van der Waals surface area contributed by atoms with Gasteiger partial charge in [0.2, 0.25) is 0 Å². The Bertz CT molecular complexity index is 542. The molecule has 1 N–H and O–H groups in total. The second-order valence-electron chi connectivity index (χ2n) is 7.36. The summed E-state index contributed by atoms with van der Waals surface area (Å²) in [5.41, 5.74) is 0.715. The van der Waals surface area contributed by atoms with Crippen molar-refractivity contribution in [3.8, 4) is 5.75 Å². The van der Waals surface area contributed by atoms with E-state index in [1.165, 1.54) is 32.1 Å². The summed E-state index contributed by atoms with van der Waals surface area (Å²) >= 11 is 0. The number of anilines is 1. The van der Waals surface area contributed by atoms with Crippen LogP contribution in [0.25, 0.3) is 0 Å². The maximum absolute atomic E-state index is 12.2. The molecule has 1 aliphatic rings. The van der Waals surface area contributed by atoms with Crippen molar-refractivity contribution >= 4 is 11.8 Å². The molecule has 1 aromatic carbocycles. The van der Waals surface area contributed by atoms with Gasteiger partial charge in [-0.15, -0.1) is 0 Å². The van der Waals surface area contributed by atoms with Crippen LogP contribution in [0.1, 0.15) is 65.2 Å². The Labute approximate surface area is 164 Å². The Kier molecular flexibility index (Phi) is 10.1. The van der Waals surface area contributed by atoms with Crippen molar-refractivity contribution in [2.24, 2.45) is 0 Å². The van der Waals surface area contributed by atoms with Crippen LogP contribution in [0.15, 0.2) is 24.3 Å². The fourth-order valence-electron chi connectivity index (χ4n) is 3.42. The molecule has 0 saturated carbocycles. The molecule has 1 aliphatic heterocycles. The van der Waals surface area contributed by atoms with Gasteiger partial charge in [-0.1, -0.05) is 45.6 Å². The Hall–Kier alpha value is -1.75. The Morgan fingerprint density at radius 3 is 2.63 bits per heavy atom. The molecule has 5 nitrogen and oxygen atoms in total. The number of nitrogens with one attached hydrogen (secondary N) is 1. The van der Waals surface area contributed by atoms with Crippen LogP contribution in [0.2, 0.25) is 0 Å². The fraction of sp³-hybridized carbons (Fsp3) is 0.682. The predicted molar refractivity (Wildman–Crippen MR) is 111 cm³/mol. The smallest absolute Gasteiger partial charge is 0.411 e. The van der Waals surface area contributed by atoms with Crippen LogP contribution >= 0.6 is 0 Å². The summed E-state index contributed by atoms with van der Waals surface area (Å²) < 4.78 is 11.4. The summed E-state index contributed by atoms with van der Waals surface area (Å²) in [4.78, 5) is 14.6. The molecule has 0 aromatic heterocycles. The van der Waals surface area contributed by atoms with Crippen molar-refractivity contribution in [2.45, 2.75) is 71.3 Å². The van der Waals surface area contributed by atoms with E-state index in [2.05, 4.69) is 24.1 Å². The van der Waals surface area contributed by atoms with E-state index < -0.39 is 0 Å². The van der Waals surface area contributed by atoms with Crippen LogP contribution in [-0.2, 0) is 4.74 Å². The molecule has 0 atom stereocenters. The molecule has 27 heavy (non-hydrogen) atoms. The molecule has 1 amide bonds. The molecule has 0 aliphatic carbocycles. The largest absolute Gasteiger partial charge is 0.494 e. The molecule has 1 saturated heterocycles.